The quantitative estimate of drug-likeness (QED) is 0.202. The topological polar surface area (TPSA) is 131 Å². The van der Waals surface area contributed by atoms with Crippen LogP contribution in [-0.4, -0.2) is 71.1 Å². The predicted molar refractivity (Wildman–Crippen MR) is 144 cm³/mol. The van der Waals surface area contributed by atoms with Crippen molar-refractivity contribution in [1.29, 1.82) is 0 Å². The van der Waals surface area contributed by atoms with Crippen LogP contribution in [0.4, 0.5) is 14.9 Å². The van der Waals surface area contributed by atoms with Crippen molar-refractivity contribution in [2.24, 2.45) is 17.3 Å². The highest BCUT2D eigenvalue weighted by Gasteiger charge is 2.39. The number of amides is 5. The van der Waals surface area contributed by atoms with Gasteiger partial charge in [0.05, 0.1) is 12.5 Å². The molecule has 0 aromatic heterocycles. The summed E-state index contributed by atoms with van der Waals surface area (Å²) in [6.45, 7) is 6.39. The smallest absolute Gasteiger partial charge is 0.319 e. The Morgan fingerprint density at radius 1 is 1.10 bits per heavy atom. The van der Waals surface area contributed by atoms with E-state index in [1.807, 2.05) is 20.8 Å². The average Bonchev–Trinajstić information content (AvgIpc) is 3.40. The lowest BCUT2D eigenvalue weighted by molar-refractivity contribution is -0.156. The van der Waals surface area contributed by atoms with Gasteiger partial charge in [0.2, 0.25) is 18.2 Å². The fourth-order valence-electron chi connectivity index (χ4n) is 5.40. The van der Waals surface area contributed by atoms with Crippen molar-refractivity contribution in [2.75, 3.05) is 25.0 Å². The Kier molecular flexibility index (Phi) is 10.7. The van der Waals surface area contributed by atoms with Crippen molar-refractivity contribution in [3.05, 3.63) is 30.1 Å². The van der Waals surface area contributed by atoms with E-state index in [1.165, 1.54) is 24.3 Å². The molecule has 5 amide bonds. The fraction of sp³-hybridized carbons (Fsp3) is 0.643. The fourth-order valence-corrected chi connectivity index (χ4v) is 5.40. The normalized spacial score (nSPS) is 18.2. The molecule has 1 saturated heterocycles. The number of nitrogens with one attached hydrogen (secondary N) is 3. The molecule has 2 aliphatic rings. The maximum absolute atomic E-state index is 13.6. The van der Waals surface area contributed by atoms with Gasteiger partial charge >= 0.3 is 6.03 Å². The molecule has 4 N–H and O–H groups in total. The van der Waals surface area contributed by atoms with Gasteiger partial charge in [-0.05, 0) is 54.9 Å². The van der Waals surface area contributed by atoms with Crippen LogP contribution in [0, 0.1) is 23.1 Å². The largest absolute Gasteiger partial charge is 0.344 e. The molecule has 1 heterocycles. The number of urea groups is 1. The van der Waals surface area contributed by atoms with Crippen molar-refractivity contribution >= 4 is 29.9 Å². The van der Waals surface area contributed by atoms with Crippen LogP contribution in [0.1, 0.15) is 65.7 Å². The number of piperidine rings is 1. The number of benzene rings is 1. The first-order valence-corrected chi connectivity index (χ1v) is 13.8. The van der Waals surface area contributed by atoms with E-state index in [0.29, 0.717) is 55.4 Å². The highest BCUT2D eigenvalue weighted by Crippen LogP contribution is 2.31. The van der Waals surface area contributed by atoms with Gasteiger partial charge in [-0.1, -0.05) is 46.5 Å². The van der Waals surface area contributed by atoms with Crippen molar-refractivity contribution in [1.82, 2.24) is 20.6 Å². The van der Waals surface area contributed by atoms with Gasteiger partial charge in [-0.2, -0.15) is 0 Å². The van der Waals surface area contributed by atoms with Crippen molar-refractivity contribution in [3.63, 3.8) is 0 Å². The molecule has 1 aliphatic heterocycles. The zero-order valence-electron chi connectivity index (χ0n) is 23.1. The molecule has 11 heteroatoms. The molecule has 0 radical (unpaired) electrons. The number of rotatable bonds is 10. The van der Waals surface area contributed by atoms with E-state index < -0.39 is 23.4 Å². The maximum Gasteiger partial charge on any atom is 0.319 e. The minimum Gasteiger partial charge on any atom is -0.344 e. The Morgan fingerprint density at radius 3 is 2.28 bits per heavy atom. The monoisotopic (exact) mass is 547 g/mol. The van der Waals surface area contributed by atoms with Gasteiger partial charge in [0.15, 0.2) is 0 Å². The third-order valence-corrected chi connectivity index (χ3v) is 7.64. The molecular formula is C28H42FN5O5. The molecule has 1 saturated carbocycles. The van der Waals surface area contributed by atoms with Gasteiger partial charge in [0.1, 0.15) is 11.9 Å². The number of carbonyl (C=O) groups is 4. The lowest BCUT2D eigenvalue weighted by atomic mass is 9.84. The third-order valence-electron chi connectivity index (χ3n) is 7.64. The van der Waals surface area contributed by atoms with Crippen molar-refractivity contribution in [2.45, 2.75) is 77.8 Å². The molecule has 2 fully saturated rings. The first-order chi connectivity index (χ1) is 18.5. The second-order valence-electron chi connectivity index (χ2n) is 11.8. The number of carbonyl (C=O) groups excluding carboxylic acids is 4. The second-order valence-corrected chi connectivity index (χ2v) is 11.8. The summed E-state index contributed by atoms with van der Waals surface area (Å²) in [6, 6.07) is 4.18. The second kappa shape index (κ2) is 13.7. The first-order valence-electron chi connectivity index (χ1n) is 13.8. The van der Waals surface area contributed by atoms with Gasteiger partial charge in [-0.3, -0.25) is 19.6 Å². The summed E-state index contributed by atoms with van der Waals surface area (Å²) in [6.07, 6.45) is 6.20. The average molecular weight is 548 g/mol. The van der Waals surface area contributed by atoms with Crippen LogP contribution in [0.15, 0.2) is 24.3 Å². The molecule has 216 valence electrons. The summed E-state index contributed by atoms with van der Waals surface area (Å²) in [5.74, 6) is -1.18. The predicted octanol–water partition coefficient (Wildman–Crippen LogP) is 3.51. The third kappa shape index (κ3) is 9.19. The summed E-state index contributed by atoms with van der Waals surface area (Å²) in [5, 5.41) is 18.8. The molecular weight excluding hydrogens is 505 g/mol. The van der Waals surface area contributed by atoms with Crippen molar-refractivity contribution < 1.29 is 28.8 Å². The number of halogens is 1. The number of hydrogen-bond donors (Lipinski definition) is 4. The molecule has 1 aromatic carbocycles. The van der Waals surface area contributed by atoms with E-state index in [1.54, 1.807) is 4.90 Å². The van der Waals surface area contributed by atoms with Gasteiger partial charge in [-0.15, -0.1) is 0 Å². The maximum atomic E-state index is 13.6. The van der Waals surface area contributed by atoms with Crippen LogP contribution in [0.2, 0.25) is 0 Å². The van der Waals surface area contributed by atoms with Crippen LogP contribution < -0.4 is 16.0 Å². The zero-order chi connectivity index (χ0) is 28.6. The first kappa shape index (κ1) is 30.3. The van der Waals surface area contributed by atoms with Crippen LogP contribution in [0.5, 0.6) is 0 Å². The Balaban J connectivity index is 1.57. The van der Waals surface area contributed by atoms with E-state index in [4.69, 9.17) is 0 Å². The van der Waals surface area contributed by atoms with Crippen LogP contribution in [-0.2, 0) is 14.4 Å². The van der Waals surface area contributed by atoms with Gasteiger partial charge in [-0.25, -0.2) is 14.2 Å². The highest BCUT2D eigenvalue weighted by molar-refractivity contribution is 5.90. The van der Waals surface area contributed by atoms with E-state index in [9.17, 15) is 28.8 Å². The Bertz CT molecular complexity index is 985. The Labute approximate surface area is 229 Å². The molecule has 0 bridgehead atoms. The summed E-state index contributed by atoms with van der Waals surface area (Å²) >= 11 is 0. The molecule has 1 aromatic rings. The highest BCUT2D eigenvalue weighted by atomic mass is 19.1. The van der Waals surface area contributed by atoms with Gasteiger partial charge < -0.3 is 20.9 Å². The number of anilines is 1. The van der Waals surface area contributed by atoms with Crippen LogP contribution in [0.3, 0.4) is 0 Å². The summed E-state index contributed by atoms with van der Waals surface area (Å²) in [7, 11) is 0. The van der Waals surface area contributed by atoms with Crippen molar-refractivity contribution in [3.8, 4) is 0 Å². The van der Waals surface area contributed by atoms with E-state index >= 15 is 0 Å². The van der Waals surface area contributed by atoms with E-state index in [-0.39, 0.29) is 30.2 Å². The van der Waals surface area contributed by atoms with Crippen LogP contribution in [0.25, 0.3) is 0 Å². The molecule has 2 atom stereocenters. The molecule has 1 aliphatic carbocycles. The van der Waals surface area contributed by atoms with E-state index in [0.717, 1.165) is 25.7 Å². The molecule has 3 rings (SSSR count). The minimum atomic E-state index is -0.786. The number of hydroxylamine groups is 2. The molecule has 10 nitrogen and oxygen atoms in total. The lowest BCUT2D eigenvalue weighted by Crippen LogP contribution is -2.58. The number of hydrogen-bond acceptors (Lipinski definition) is 5. The standard InChI is InChI=1S/C28H42FN5O5/c1-28(2,3)24(32-25(36)20(17-34(39)18-35)16-19-6-4-5-7-19)26(37)33-14-12-23(13-15-33)31-27(38)30-22-10-8-21(29)9-11-22/h8-11,18-20,23-24,39H,4-7,12-17H2,1-3H3,(H,32,36)(H2,30,31,38)/t20-,24-/m0/s1. The van der Waals surface area contributed by atoms with Gasteiger partial charge in [0.25, 0.3) is 0 Å². The van der Waals surface area contributed by atoms with E-state index in [2.05, 4.69) is 16.0 Å². The summed E-state index contributed by atoms with van der Waals surface area (Å²) in [4.78, 5) is 52.0. The number of likely N-dealkylation sites (tertiary alicyclic amines) is 1. The zero-order valence-corrected chi connectivity index (χ0v) is 23.1. The number of nitrogens with zero attached hydrogens (tertiary/aromatic N) is 2. The Morgan fingerprint density at radius 2 is 1.72 bits per heavy atom. The SMILES string of the molecule is CC(C)(C)[C@@H](NC(=O)[C@@H](CC1CCCC1)CN(O)C=O)C(=O)N1CCC(NC(=O)Nc2ccc(F)cc2)CC1. The Hall–Kier alpha value is -3.21. The molecule has 0 unspecified atom stereocenters. The molecule has 39 heavy (non-hydrogen) atoms. The summed E-state index contributed by atoms with van der Waals surface area (Å²) in [5.41, 5.74) is -0.0905. The minimum absolute atomic E-state index is 0.117. The summed E-state index contributed by atoms with van der Waals surface area (Å²) < 4.78 is 13.1. The van der Waals surface area contributed by atoms with Gasteiger partial charge in [0, 0.05) is 24.8 Å². The van der Waals surface area contributed by atoms with Crippen LogP contribution >= 0.6 is 0 Å². The molecule has 0 spiro atoms. The lowest BCUT2D eigenvalue weighted by Gasteiger charge is -2.39.